The van der Waals surface area contributed by atoms with Gasteiger partial charge in [0, 0.05) is 0 Å². The van der Waals surface area contributed by atoms with Gasteiger partial charge in [0.25, 0.3) is 10.0 Å². The molecule has 11 heteroatoms. The van der Waals surface area contributed by atoms with E-state index >= 15 is 0 Å². The molecule has 2 aromatic carbocycles. The Hall–Kier alpha value is -2.56. The number of rotatable bonds is 3. The van der Waals surface area contributed by atoms with Crippen LogP contribution < -0.4 is 10.5 Å². The van der Waals surface area contributed by atoms with Gasteiger partial charge in [-0.25, -0.2) is 30.4 Å². The van der Waals surface area contributed by atoms with Crippen molar-refractivity contribution >= 4 is 21.4 Å². The second kappa shape index (κ2) is 5.57. The van der Waals surface area contributed by atoms with Crippen LogP contribution in [-0.2, 0) is 10.0 Å². The van der Waals surface area contributed by atoms with E-state index in [1.165, 1.54) is 4.72 Å². The minimum Gasteiger partial charge on any atom is -0.506 e. The molecular formula is C12H7F5N2O3S. The number of nitrogen functional groups attached to an aromatic ring is 1. The minimum atomic E-state index is -4.72. The van der Waals surface area contributed by atoms with Gasteiger partial charge in [-0.3, -0.25) is 4.72 Å². The van der Waals surface area contributed by atoms with Gasteiger partial charge in [0.05, 0.1) is 10.6 Å². The van der Waals surface area contributed by atoms with E-state index in [4.69, 9.17) is 5.73 Å². The van der Waals surface area contributed by atoms with Gasteiger partial charge in [0.2, 0.25) is 5.82 Å². The Morgan fingerprint density at radius 1 is 0.913 bits per heavy atom. The number of phenolic OH excluding ortho intramolecular Hbond substituents is 1. The number of nitrogens with two attached hydrogens (primary N) is 1. The van der Waals surface area contributed by atoms with Crippen LogP contribution in [0.5, 0.6) is 5.75 Å². The summed E-state index contributed by atoms with van der Waals surface area (Å²) < 4.78 is 91.1. The molecule has 0 unspecified atom stereocenters. The summed E-state index contributed by atoms with van der Waals surface area (Å²) in [5.41, 5.74) is 3.18. The first kappa shape index (κ1) is 16.8. The van der Waals surface area contributed by atoms with Crippen LogP contribution >= 0.6 is 0 Å². The monoisotopic (exact) mass is 354 g/mol. The Balaban J connectivity index is 2.56. The van der Waals surface area contributed by atoms with Crippen LogP contribution in [0, 0.1) is 29.1 Å². The van der Waals surface area contributed by atoms with Crippen molar-refractivity contribution in [3.63, 3.8) is 0 Å². The fraction of sp³-hybridized carbons (Fsp3) is 0. The van der Waals surface area contributed by atoms with Crippen LogP contribution in [-0.4, -0.2) is 13.5 Å². The first-order chi connectivity index (χ1) is 10.6. The summed E-state index contributed by atoms with van der Waals surface area (Å²) in [5.74, 6) is -12.1. The topological polar surface area (TPSA) is 92.4 Å². The lowest BCUT2D eigenvalue weighted by Crippen LogP contribution is -2.17. The van der Waals surface area contributed by atoms with Crippen molar-refractivity contribution in [2.75, 3.05) is 10.5 Å². The molecule has 0 amide bonds. The maximum Gasteiger partial charge on any atom is 0.262 e. The quantitative estimate of drug-likeness (QED) is 0.260. The molecule has 0 aliphatic rings. The molecule has 0 fully saturated rings. The van der Waals surface area contributed by atoms with Gasteiger partial charge in [0.15, 0.2) is 23.3 Å². The third-order valence-electron chi connectivity index (χ3n) is 2.76. The number of halogens is 5. The fourth-order valence-electron chi connectivity index (χ4n) is 1.59. The average molecular weight is 354 g/mol. The molecule has 0 aromatic heterocycles. The van der Waals surface area contributed by atoms with Crippen molar-refractivity contribution in [1.82, 2.24) is 0 Å². The van der Waals surface area contributed by atoms with Crippen LogP contribution in [0.15, 0.2) is 23.1 Å². The van der Waals surface area contributed by atoms with Crippen LogP contribution in [0.3, 0.4) is 0 Å². The van der Waals surface area contributed by atoms with Crippen LogP contribution in [0.25, 0.3) is 0 Å². The van der Waals surface area contributed by atoms with E-state index in [1.54, 1.807) is 0 Å². The van der Waals surface area contributed by atoms with Crippen LogP contribution in [0.4, 0.5) is 33.3 Å². The third-order valence-corrected chi connectivity index (χ3v) is 4.10. The summed E-state index contributed by atoms with van der Waals surface area (Å²) in [7, 11) is -4.72. The zero-order valence-corrected chi connectivity index (χ0v) is 11.7. The summed E-state index contributed by atoms with van der Waals surface area (Å²) in [4.78, 5) is -0.656. The summed E-state index contributed by atoms with van der Waals surface area (Å²) in [6, 6.07) is 2.44. The third kappa shape index (κ3) is 2.86. The van der Waals surface area contributed by atoms with Crippen molar-refractivity contribution < 1.29 is 35.5 Å². The molecule has 0 saturated heterocycles. The lowest BCUT2D eigenvalue weighted by molar-refractivity contribution is 0.382. The molecule has 0 bridgehead atoms. The SMILES string of the molecule is Nc1cc(S(=O)(=O)Nc2c(F)c(F)c(F)c(F)c2F)ccc1O. The number of anilines is 2. The Labute approximate surface area is 126 Å². The largest absolute Gasteiger partial charge is 0.506 e. The Morgan fingerprint density at radius 3 is 1.87 bits per heavy atom. The molecule has 2 aromatic rings. The molecule has 0 aliphatic heterocycles. The van der Waals surface area contributed by atoms with Gasteiger partial charge in [-0.15, -0.1) is 0 Å². The lowest BCUT2D eigenvalue weighted by Gasteiger charge is -2.12. The number of phenols is 1. The predicted octanol–water partition coefficient (Wildman–Crippen LogP) is 2.47. The second-order valence-electron chi connectivity index (χ2n) is 4.27. The number of hydrogen-bond acceptors (Lipinski definition) is 4. The highest BCUT2D eigenvalue weighted by atomic mass is 32.2. The van der Waals surface area contributed by atoms with E-state index in [0.717, 1.165) is 18.2 Å². The van der Waals surface area contributed by atoms with Gasteiger partial charge in [-0.05, 0) is 18.2 Å². The molecule has 0 heterocycles. The van der Waals surface area contributed by atoms with Gasteiger partial charge in [-0.1, -0.05) is 0 Å². The molecule has 4 N–H and O–H groups in total. The zero-order chi connectivity index (χ0) is 17.5. The molecular weight excluding hydrogens is 347 g/mol. The van der Waals surface area contributed by atoms with Crippen molar-refractivity contribution in [1.29, 1.82) is 0 Å². The highest BCUT2D eigenvalue weighted by Gasteiger charge is 2.29. The van der Waals surface area contributed by atoms with E-state index in [1.807, 2.05) is 0 Å². The van der Waals surface area contributed by atoms with Gasteiger partial charge < -0.3 is 10.8 Å². The Bertz CT molecular complexity index is 873. The smallest absolute Gasteiger partial charge is 0.262 e. The molecule has 0 aliphatic carbocycles. The van der Waals surface area contributed by atoms with E-state index in [0.29, 0.717) is 0 Å². The molecule has 5 nitrogen and oxygen atoms in total. The highest BCUT2D eigenvalue weighted by Crippen LogP contribution is 2.30. The van der Waals surface area contributed by atoms with Gasteiger partial charge >= 0.3 is 0 Å². The maximum atomic E-state index is 13.5. The minimum absolute atomic E-state index is 0.370. The first-order valence-electron chi connectivity index (χ1n) is 5.69. The maximum absolute atomic E-state index is 13.5. The summed E-state index contributed by atoms with van der Waals surface area (Å²) in [5, 5.41) is 9.19. The van der Waals surface area contributed by atoms with Crippen LogP contribution in [0.2, 0.25) is 0 Å². The zero-order valence-electron chi connectivity index (χ0n) is 10.9. The van der Waals surface area contributed by atoms with Crippen molar-refractivity contribution in [2.45, 2.75) is 4.90 Å². The Morgan fingerprint density at radius 2 is 1.39 bits per heavy atom. The van der Waals surface area contributed by atoms with E-state index < -0.39 is 55.4 Å². The van der Waals surface area contributed by atoms with Gasteiger partial charge in [0.1, 0.15) is 11.4 Å². The number of nitrogens with one attached hydrogen (secondary N) is 1. The standard InChI is InChI=1S/C12H7F5N2O3S/c13-7-8(14)10(16)12(11(17)9(7)15)19-23(21,22)4-1-2-6(20)5(18)3-4/h1-3,19-20H,18H2. The molecule has 0 spiro atoms. The molecule has 2 rings (SSSR count). The Kier molecular flexibility index (Phi) is 4.07. The normalized spacial score (nSPS) is 11.5. The predicted molar refractivity (Wildman–Crippen MR) is 69.6 cm³/mol. The number of sulfonamides is 1. The first-order valence-corrected chi connectivity index (χ1v) is 7.17. The van der Waals surface area contributed by atoms with E-state index in [-0.39, 0.29) is 5.69 Å². The van der Waals surface area contributed by atoms with E-state index in [2.05, 4.69) is 0 Å². The van der Waals surface area contributed by atoms with Crippen molar-refractivity contribution in [3.05, 3.63) is 47.3 Å². The average Bonchev–Trinajstić information content (AvgIpc) is 2.50. The number of aromatic hydroxyl groups is 1. The van der Waals surface area contributed by atoms with Crippen molar-refractivity contribution in [2.24, 2.45) is 0 Å². The molecule has 0 atom stereocenters. The fourth-order valence-corrected chi connectivity index (χ4v) is 2.68. The summed E-state index contributed by atoms with van der Waals surface area (Å²) >= 11 is 0. The molecule has 0 saturated carbocycles. The number of hydrogen-bond donors (Lipinski definition) is 3. The summed E-state index contributed by atoms with van der Waals surface area (Å²) in [6.07, 6.45) is 0. The summed E-state index contributed by atoms with van der Waals surface area (Å²) in [6.45, 7) is 0. The molecule has 0 radical (unpaired) electrons. The van der Waals surface area contributed by atoms with Crippen molar-refractivity contribution in [3.8, 4) is 5.75 Å². The lowest BCUT2D eigenvalue weighted by atomic mass is 10.2. The van der Waals surface area contributed by atoms with Gasteiger partial charge in [-0.2, -0.15) is 0 Å². The molecule has 23 heavy (non-hydrogen) atoms. The van der Waals surface area contributed by atoms with E-state index in [9.17, 15) is 35.5 Å². The molecule has 124 valence electrons. The number of benzene rings is 2. The highest BCUT2D eigenvalue weighted by molar-refractivity contribution is 7.92. The second-order valence-corrected chi connectivity index (χ2v) is 5.95. The van der Waals surface area contributed by atoms with Crippen LogP contribution in [0.1, 0.15) is 0 Å².